The summed E-state index contributed by atoms with van der Waals surface area (Å²) in [4.78, 5) is 16.4. The summed E-state index contributed by atoms with van der Waals surface area (Å²) in [5.41, 5.74) is 1.89. The van der Waals surface area contributed by atoms with Crippen molar-refractivity contribution in [3.8, 4) is 0 Å². The Morgan fingerprint density at radius 3 is 2.62 bits per heavy atom. The Labute approximate surface area is 145 Å². The van der Waals surface area contributed by atoms with Gasteiger partial charge in [0.25, 0.3) is 0 Å². The molecule has 0 spiro atoms. The third-order valence-electron chi connectivity index (χ3n) is 4.35. The average Bonchev–Trinajstić information content (AvgIpc) is 2.96. The smallest absolute Gasteiger partial charge is 0.244 e. The minimum atomic E-state index is -0.326. The Morgan fingerprint density at radius 1 is 1.25 bits per heavy atom. The van der Waals surface area contributed by atoms with Gasteiger partial charge in [-0.2, -0.15) is 5.10 Å². The van der Waals surface area contributed by atoms with Crippen LogP contribution in [-0.4, -0.2) is 51.7 Å². The maximum Gasteiger partial charge on any atom is 0.244 e. The number of nitrogens with zero attached hydrogens (tertiary/aromatic N) is 4. The molecule has 1 aliphatic heterocycles. The summed E-state index contributed by atoms with van der Waals surface area (Å²) in [6.45, 7) is 5.79. The summed E-state index contributed by atoms with van der Waals surface area (Å²) in [6.07, 6.45) is 1.70. The van der Waals surface area contributed by atoms with Gasteiger partial charge in [0.2, 0.25) is 5.91 Å². The van der Waals surface area contributed by atoms with Crippen LogP contribution < -0.4 is 0 Å². The number of hydrogen-bond donors (Lipinski definition) is 0. The molecule has 2 heterocycles. The van der Waals surface area contributed by atoms with Crippen LogP contribution in [0.5, 0.6) is 0 Å². The predicted molar refractivity (Wildman–Crippen MR) is 90.2 cm³/mol. The quantitative estimate of drug-likeness (QED) is 0.849. The Bertz CT molecular complexity index is 725. The number of carbonyl (C=O) groups is 1. The summed E-state index contributed by atoms with van der Waals surface area (Å²) in [5, 5.41) is 4.60. The Hall–Kier alpha value is -1.92. The van der Waals surface area contributed by atoms with E-state index >= 15 is 0 Å². The lowest BCUT2D eigenvalue weighted by molar-refractivity contribution is -0.133. The molecule has 0 saturated carbocycles. The van der Waals surface area contributed by atoms with Gasteiger partial charge in [0, 0.05) is 49.6 Å². The molecule has 0 N–H and O–H groups in total. The van der Waals surface area contributed by atoms with E-state index in [-0.39, 0.29) is 18.3 Å². The van der Waals surface area contributed by atoms with E-state index in [1.165, 1.54) is 12.1 Å². The highest BCUT2D eigenvalue weighted by molar-refractivity contribution is 6.31. The van der Waals surface area contributed by atoms with Gasteiger partial charge < -0.3 is 4.90 Å². The highest BCUT2D eigenvalue weighted by Crippen LogP contribution is 2.19. The second-order valence-electron chi connectivity index (χ2n) is 6.02. The van der Waals surface area contributed by atoms with Gasteiger partial charge >= 0.3 is 0 Å². The summed E-state index contributed by atoms with van der Waals surface area (Å²) in [7, 11) is 0. The van der Waals surface area contributed by atoms with E-state index in [4.69, 9.17) is 11.6 Å². The molecule has 24 heavy (non-hydrogen) atoms. The van der Waals surface area contributed by atoms with E-state index < -0.39 is 0 Å². The van der Waals surface area contributed by atoms with Crippen molar-refractivity contribution in [1.82, 2.24) is 19.6 Å². The Kier molecular flexibility index (Phi) is 5.16. The molecular weight excluding hydrogens is 331 g/mol. The van der Waals surface area contributed by atoms with Crippen LogP contribution >= 0.6 is 11.6 Å². The zero-order valence-electron chi connectivity index (χ0n) is 13.6. The molecule has 1 aromatic carbocycles. The van der Waals surface area contributed by atoms with E-state index in [1.54, 1.807) is 16.9 Å². The van der Waals surface area contributed by atoms with Crippen LogP contribution in [0.4, 0.5) is 4.39 Å². The zero-order chi connectivity index (χ0) is 17.1. The molecule has 7 heteroatoms. The fourth-order valence-electron chi connectivity index (χ4n) is 2.84. The van der Waals surface area contributed by atoms with Crippen molar-refractivity contribution in [2.24, 2.45) is 0 Å². The van der Waals surface area contributed by atoms with Crippen molar-refractivity contribution in [3.05, 3.63) is 52.6 Å². The van der Waals surface area contributed by atoms with Gasteiger partial charge in [-0.25, -0.2) is 4.39 Å². The lowest BCUT2D eigenvalue weighted by Crippen LogP contribution is -2.49. The summed E-state index contributed by atoms with van der Waals surface area (Å²) in [6, 6.07) is 6.36. The number of hydrogen-bond acceptors (Lipinski definition) is 3. The molecule has 1 aliphatic rings. The Morgan fingerprint density at radius 2 is 2.00 bits per heavy atom. The molecule has 1 aromatic heterocycles. The van der Waals surface area contributed by atoms with Crippen LogP contribution in [0, 0.1) is 12.7 Å². The van der Waals surface area contributed by atoms with Gasteiger partial charge in [-0.15, -0.1) is 0 Å². The topological polar surface area (TPSA) is 41.4 Å². The number of amides is 1. The number of piperazine rings is 1. The second-order valence-corrected chi connectivity index (χ2v) is 6.43. The highest BCUT2D eigenvalue weighted by atomic mass is 35.5. The van der Waals surface area contributed by atoms with Crippen LogP contribution in [-0.2, 0) is 17.9 Å². The van der Waals surface area contributed by atoms with Gasteiger partial charge in [-0.05, 0) is 30.7 Å². The lowest BCUT2D eigenvalue weighted by atomic mass is 10.2. The standard InChI is InChI=1S/C17H20ClFN4O/c1-13-4-5-20-23(13)12-17(24)22-8-6-21(7-9-22)11-14-2-3-15(19)10-16(14)18/h2-5,10H,6-9,11-12H2,1H3. The number of halogens is 2. The first-order chi connectivity index (χ1) is 11.5. The predicted octanol–water partition coefficient (Wildman–Crippen LogP) is 2.33. The maximum absolute atomic E-state index is 13.1. The largest absolute Gasteiger partial charge is 0.339 e. The first-order valence-electron chi connectivity index (χ1n) is 7.95. The first-order valence-corrected chi connectivity index (χ1v) is 8.33. The molecule has 2 aromatic rings. The van der Waals surface area contributed by atoms with Crippen LogP contribution in [0.3, 0.4) is 0 Å². The second kappa shape index (κ2) is 7.32. The van der Waals surface area contributed by atoms with Crippen molar-refractivity contribution in [3.63, 3.8) is 0 Å². The fourth-order valence-corrected chi connectivity index (χ4v) is 3.07. The number of rotatable bonds is 4. The zero-order valence-corrected chi connectivity index (χ0v) is 14.3. The SMILES string of the molecule is Cc1ccnn1CC(=O)N1CCN(Cc2ccc(F)cc2Cl)CC1. The van der Waals surface area contributed by atoms with Crippen LogP contribution in [0.25, 0.3) is 0 Å². The van der Waals surface area contributed by atoms with Gasteiger partial charge in [0.1, 0.15) is 12.4 Å². The monoisotopic (exact) mass is 350 g/mol. The van der Waals surface area contributed by atoms with Crippen LogP contribution in [0.1, 0.15) is 11.3 Å². The van der Waals surface area contributed by atoms with E-state index in [9.17, 15) is 9.18 Å². The van der Waals surface area contributed by atoms with Crippen LogP contribution in [0.15, 0.2) is 30.5 Å². The van der Waals surface area contributed by atoms with Crippen molar-refractivity contribution in [2.75, 3.05) is 26.2 Å². The molecule has 0 radical (unpaired) electrons. The lowest BCUT2D eigenvalue weighted by Gasteiger charge is -2.35. The summed E-state index contributed by atoms with van der Waals surface area (Å²) in [5.74, 6) is -0.241. The summed E-state index contributed by atoms with van der Waals surface area (Å²) < 4.78 is 14.8. The van der Waals surface area contributed by atoms with Crippen molar-refractivity contribution < 1.29 is 9.18 Å². The molecule has 1 saturated heterocycles. The van der Waals surface area contributed by atoms with Crippen LogP contribution in [0.2, 0.25) is 5.02 Å². The van der Waals surface area contributed by atoms with Crippen molar-refractivity contribution >= 4 is 17.5 Å². The van der Waals surface area contributed by atoms with E-state index in [2.05, 4.69) is 10.00 Å². The third kappa shape index (κ3) is 3.94. The molecule has 0 aliphatic carbocycles. The van der Waals surface area contributed by atoms with Gasteiger partial charge in [-0.1, -0.05) is 17.7 Å². The normalized spacial score (nSPS) is 15.7. The number of carbonyl (C=O) groups excluding carboxylic acids is 1. The Balaban J connectivity index is 1.52. The van der Waals surface area contributed by atoms with Crippen molar-refractivity contribution in [1.29, 1.82) is 0 Å². The minimum absolute atomic E-state index is 0.0845. The number of aromatic nitrogens is 2. The molecule has 0 bridgehead atoms. The molecule has 0 atom stereocenters. The highest BCUT2D eigenvalue weighted by Gasteiger charge is 2.22. The molecule has 5 nitrogen and oxygen atoms in total. The minimum Gasteiger partial charge on any atom is -0.339 e. The number of benzene rings is 1. The average molecular weight is 351 g/mol. The molecule has 1 amide bonds. The first kappa shape index (κ1) is 16.9. The summed E-state index contributed by atoms with van der Waals surface area (Å²) >= 11 is 6.08. The molecule has 3 rings (SSSR count). The van der Waals surface area contributed by atoms with E-state index in [0.717, 1.165) is 24.3 Å². The maximum atomic E-state index is 13.1. The van der Waals surface area contributed by atoms with Gasteiger partial charge in [0.15, 0.2) is 0 Å². The van der Waals surface area contributed by atoms with Gasteiger partial charge in [0.05, 0.1) is 0 Å². The molecule has 0 unspecified atom stereocenters. The number of aryl methyl sites for hydroxylation is 1. The van der Waals surface area contributed by atoms with Crippen molar-refractivity contribution in [2.45, 2.75) is 20.0 Å². The molecule has 1 fully saturated rings. The van der Waals surface area contributed by atoms with E-state index in [1.807, 2.05) is 17.9 Å². The van der Waals surface area contributed by atoms with Gasteiger partial charge in [-0.3, -0.25) is 14.4 Å². The molecule has 128 valence electrons. The molecular formula is C17H20ClFN4O. The van der Waals surface area contributed by atoms with E-state index in [0.29, 0.717) is 24.7 Å². The third-order valence-corrected chi connectivity index (χ3v) is 4.70. The fraction of sp³-hybridized carbons (Fsp3) is 0.412.